The zero-order valence-electron chi connectivity index (χ0n) is 7.47. The fourth-order valence-corrected chi connectivity index (χ4v) is 1.04. The third-order valence-electron chi connectivity index (χ3n) is 1.43. The minimum Gasteiger partial charge on any atom is -0.588 e. The predicted octanol–water partition coefficient (Wildman–Crippen LogP) is 1.00. The molecule has 1 heterocycles. The van der Waals surface area contributed by atoms with Gasteiger partial charge in [-0.05, 0) is 5.92 Å². The Balaban J connectivity index is -0.000000101. The van der Waals surface area contributed by atoms with Gasteiger partial charge in [-0.3, -0.25) is 13.1 Å². The number of nitrogens with zero attached hydrogens (tertiary/aromatic N) is 1. The third-order valence-corrected chi connectivity index (χ3v) is 1.85. The molecule has 0 amide bonds. The summed E-state index contributed by atoms with van der Waals surface area (Å²) >= 11 is 0. The average molecular weight is 499 g/mol. The Hall–Kier alpha value is 4.48. The Labute approximate surface area is 183 Å². The van der Waals surface area contributed by atoms with E-state index in [2.05, 4.69) is 9.39 Å². The molecule has 0 aliphatic carbocycles. The Morgan fingerprint density at radius 1 is 1.15 bits per heavy atom. The molecule has 1 aliphatic heterocycles. The first-order valence-electron chi connectivity index (χ1n) is 2.98. The van der Waals surface area contributed by atoms with Crippen LogP contribution in [0.2, 0.25) is 0 Å². The summed E-state index contributed by atoms with van der Waals surface area (Å²) in [5, 5.41) is 0. The van der Waals surface area contributed by atoms with Gasteiger partial charge in [0, 0.05) is 131 Å². The van der Waals surface area contributed by atoms with E-state index in [1.165, 1.54) is 0 Å². The molecule has 4 radical (unpaired) electrons. The van der Waals surface area contributed by atoms with Crippen LogP contribution in [0, 0.1) is 19.0 Å². The van der Waals surface area contributed by atoms with Gasteiger partial charge in [-0.2, -0.15) is 12.8 Å². The van der Waals surface area contributed by atoms with Gasteiger partial charge in [-0.25, -0.2) is 0 Å². The first-order chi connectivity index (χ1) is 4.33. The van der Waals surface area contributed by atoms with E-state index in [-0.39, 0.29) is 137 Å². The molecule has 1 saturated heterocycles. The zero-order chi connectivity index (χ0) is 6.69. The van der Waals surface area contributed by atoms with Crippen LogP contribution in [0.15, 0.2) is 0 Å². The van der Waals surface area contributed by atoms with E-state index in [1.54, 1.807) is 0 Å². The van der Waals surface area contributed by atoms with Crippen molar-refractivity contribution in [2.75, 3.05) is 0 Å². The van der Waals surface area contributed by atoms with Crippen molar-refractivity contribution in [3.8, 4) is 0 Å². The maximum Gasteiger partial charge on any atom is 0.118 e. The average Bonchev–Trinajstić information content (AvgIpc) is 1.90. The number of carbonyl (C=O) groups excluding carboxylic acids is 1. The largest absolute Gasteiger partial charge is 0.588 e. The fraction of sp³-hybridized carbons (Fsp3) is 0.500. The molecule has 0 N–H and O–H groups in total. The molecule has 7 heteroatoms. The van der Waals surface area contributed by atoms with E-state index in [0.717, 1.165) is 19.1 Å². The predicted molar refractivity (Wildman–Crippen MR) is 38.9 cm³/mol. The molecular weight excluding hydrogens is 489 g/mol. The van der Waals surface area contributed by atoms with Crippen LogP contribution in [0.3, 0.4) is 0 Å². The van der Waals surface area contributed by atoms with Crippen molar-refractivity contribution in [2.45, 2.75) is 12.8 Å². The summed E-state index contributed by atoms with van der Waals surface area (Å²) in [5.41, 5.74) is 0. The van der Waals surface area contributed by atoms with Gasteiger partial charge in [-0.1, -0.05) is 0 Å². The van der Waals surface area contributed by atoms with Gasteiger partial charge < -0.3 is 9.46 Å². The van der Waals surface area contributed by atoms with Crippen molar-refractivity contribution in [2.24, 2.45) is 5.92 Å². The monoisotopic (exact) mass is 499 g/mol. The third kappa shape index (κ3) is 12.7. The molecular formula is C6H10NOPY4-2. The summed E-state index contributed by atoms with van der Waals surface area (Å²) < 4.78 is 1.93. The topological polar surface area (TPSA) is 20.3 Å². The molecule has 13 heavy (non-hydrogen) atoms. The SMILES string of the molecule is O=CC1C[CH-]N(P)[CH-]C1.[Y].[Y].[Y].[Y]. The second kappa shape index (κ2) is 16.5. The first kappa shape index (κ1) is 26.1. The van der Waals surface area contributed by atoms with Crippen LogP contribution in [0.4, 0.5) is 0 Å². The first-order valence-corrected chi connectivity index (χ1v) is 3.49. The molecule has 0 aromatic rings. The molecule has 0 spiro atoms. The second-order valence-electron chi connectivity index (χ2n) is 2.18. The Morgan fingerprint density at radius 2 is 1.54 bits per heavy atom. The van der Waals surface area contributed by atoms with Crippen LogP contribution in [-0.4, -0.2) is 11.0 Å². The van der Waals surface area contributed by atoms with Gasteiger partial charge in [0.15, 0.2) is 0 Å². The Morgan fingerprint density at radius 3 is 1.85 bits per heavy atom. The van der Waals surface area contributed by atoms with Crippen molar-refractivity contribution in [1.29, 1.82) is 0 Å². The van der Waals surface area contributed by atoms with Crippen LogP contribution in [0.25, 0.3) is 0 Å². The van der Waals surface area contributed by atoms with Crippen LogP contribution in [0.1, 0.15) is 12.8 Å². The van der Waals surface area contributed by atoms with Gasteiger partial charge in [0.05, 0.1) is 0 Å². The summed E-state index contributed by atoms with van der Waals surface area (Å²) in [6.07, 6.45) is 2.78. The molecule has 64 valence electrons. The Kier molecular flexibility index (Phi) is 33.1. The van der Waals surface area contributed by atoms with Crippen molar-refractivity contribution in [3.63, 3.8) is 0 Å². The molecule has 0 bridgehead atoms. The molecule has 0 aromatic heterocycles. The van der Waals surface area contributed by atoms with Crippen LogP contribution >= 0.6 is 9.39 Å². The molecule has 2 nitrogen and oxygen atoms in total. The van der Waals surface area contributed by atoms with E-state index in [4.69, 9.17) is 0 Å². The summed E-state index contributed by atoms with van der Waals surface area (Å²) in [4.78, 5) is 10.2. The van der Waals surface area contributed by atoms with E-state index >= 15 is 0 Å². The quantitative estimate of drug-likeness (QED) is 0.306. The minimum atomic E-state index is 0. The number of carbonyl (C=O) groups is 1. The maximum absolute atomic E-state index is 10.2. The van der Waals surface area contributed by atoms with Gasteiger partial charge in [0.2, 0.25) is 0 Å². The van der Waals surface area contributed by atoms with E-state index in [9.17, 15) is 4.79 Å². The zero-order valence-corrected chi connectivity index (χ0v) is 20.0. The molecule has 1 fully saturated rings. The van der Waals surface area contributed by atoms with Gasteiger partial charge in [0.1, 0.15) is 6.29 Å². The standard InChI is InChI=1S/C6H10NOP.4Y/c8-5-6-1-3-7(9)4-2-6;;;;/h3-6H,1-2,9H2;;;;/q-2;;;;. The van der Waals surface area contributed by atoms with Gasteiger partial charge in [0.25, 0.3) is 0 Å². The fourth-order valence-electron chi connectivity index (χ4n) is 0.796. The number of aldehydes is 1. The number of hydrogen-bond donors (Lipinski definition) is 0. The van der Waals surface area contributed by atoms with Crippen molar-refractivity contribution < 1.29 is 136 Å². The van der Waals surface area contributed by atoms with Crippen molar-refractivity contribution in [1.82, 2.24) is 4.67 Å². The Bertz CT molecular complexity index is 111. The minimum absolute atomic E-state index is 0. The normalized spacial score (nSPS) is 16.7. The van der Waals surface area contributed by atoms with Crippen molar-refractivity contribution in [3.05, 3.63) is 13.1 Å². The molecule has 0 saturated carbocycles. The van der Waals surface area contributed by atoms with Crippen LogP contribution in [-0.2, 0) is 136 Å². The van der Waals surface area contributed by atoms with Crippen molar-refractivity contribution >= 4 is 15.7 Å². The van der Waals surface area contributed by atoms with E-state index in [0.29, 0.717) is 0 Å². The van der Waals surface area contributed by atoms with Crippen LogP contribution in [0.5, 0.6) is 0 Å². The molecule has 1 unspecified atom stereocenters. The summed E-state index contributed by atoms with van der Waals surface area (Å²) in [6, 6.07) is 0. The maximum atomic E-state index is 10.2. The molecule has 1 aliphatic rings. The number of rotatable bonds is 1. The number of hydrogen-bond acceptors (Lipinski definition) is 2. The van der Waals surface area contributed by atoms with Gasteiger partial charge in [-0.15, -0.1) is 9.39 Å². The summed E-state index contributed by atoms with van der Waals surface area (Å²) in [5.74, 6) is 0.224. The second-order valence-corrected chi connectivity index (χ2v) is 2.78. The number of piperidine rings is 1. The van der Waals surface area contributed by atoms with E-state index in [1.807, 2.05) is 17.8 Å². The summed E-state index contributed by atoms with van der Waals surface area (Å²) in [7, 11) is 2.55. The smallest absolute Gasteiger partial charge is 0.118 e. The van der Waals surface area contributed by atoms with Gasteiger partial charge >= 0.3 is 0 Å². The molecule has 0 aromatic carbocycles. The van der Waals surface area contributed by atoms with Crippen LogP contribution < -0.4 is 0 Å². The van der Waals surface area contributed by atoms with E-state index < -0.39 is 0 Å². The summed E-state index contributed by atoms with van der Waals surface area (Å²) in [6.45, 7) is 3.99. The molecule has 1 atom stereocenters. The molecule has 1 rings (SSSR count).